The molecule has 0 radical (unpaired) electrons. The maximum absolute atomic E-state index is 12.3. The molecule has 1 aromatic heterocycles. The van der Waals surface area contributed by atoms with E-state index in [-0.39, 0.29) is 11.8 Å². The number of aryl methyl sites for hydroxylation is 1. The summed E-state index contributed by atoms with van der Waals surface area (Å²) in [6.07, 6.45) is 8.49. The minimum absolute atomic E-state index is 0.0937. The van der Waals surface area contributed by atoms with Crippen molar-refractivity contribution < 1.29 is 14.3 Å². The van der Waals surface area contributed by atoms with Gasteiger partial charge in [-0.1, -0.05) is 6.07 Å². The predicted octanol–water partition coefficient (Wildman–Crippen LogP) is 2.35. The summed E-state index contributed by atoms with van der Waals surface area (Å²) in [7, 11) is 0. The first kappa shape index (κ1) is 16.0. The van der Waals surface area contributed by atoms with Crippen LogP contribution < -0.4 is 14.8 Å². The van der Waals surface area contributed by atoms with Gasteiger partial charge in [0.2, 0.25) is 5.91 Å². The fraction of sp³-hybridized carbons (Fsp3) is 0.474. The number of nitrogens with one attached hydrogen (secondary N) is 1. The SMILES string of the molecule is O=C(NCCCCn1ccnc1)[C@H]1C[C@@H]1c1ccc2c(c1)OCCO2. The smallest absolute Gasteiger partial charge is 0.223 e. The summed E-state index contributed by atoms with van der Waals surface area (Å²) < 4.78 is 13.2. The van der Waals surface area contributed by atoms with Crippen molar-refractivity contribution in [1.29, 1.82) is 0 Å². The molecule has 2 heterocycles. The van der Waals surface area contributed by atoms with Crippen molar-refractivity contribution in [2.75, 3.05) is 19.8 Å². The molecule has 25 heavy (non-hydrogen) atoms. The molecule has 1 saturated carbocycles. The van der Waals surface area contributed by atoms with Gasteiger partial charge in [-0.2, -0.15) is 0 Å². The van der Waals surface area contributed by atoms with E-state index in [4.69, 9.17) is 9.47 Å². The van der Waals surface area contributed by atoms with Crippen molar-refractivity contribution in [2.24, 2.45) is 5.92 Å². The highest BCUT2D eigenvalue weighted by Crippen LogP contribution is 2.49. The number of hydrogen-bond donors (Lipinski definition) is 1. The molecular weight excluding hydrogens is 318 g/mol. The summed E-state index contributed by atoms with van der Waals surface area (Å²) in [5.41, 5.74) is 1.17. The van der Waals surface area contributed by atoms with Crippen molar-refractivity contribution in [3.8, 4) is 11.5 Å². The highest BCUT2D eigenvalue weighted by atomic mass is 16.6. The van der Waals surface area contributed by atoms with Crippen molar-refractivity contribution in [3.05, 3.63) is 42.5 Å². The van der Waals surface area contributed by atoms with Crippen LogP contribution in [0.3, 0.4) is 0 Å². The highest BCUT2D eigenvalue weighted by Gasteiger charge is 2.44. The van der Waals surface area contributed by atoms with Crippen LogP contribution in [-0.2, 0) is 11.3 Å². The number of imidazole rings is 1. The van der Waals surface area contributed by atoms with E-state index in [9.17, 15) is 4.79 Å². The van der Waals surface area contributed by atoms with Crippen LogP contribution in [0.2, 0.25) is 0 Å². The zero-order valence-corrected chi connectivity index (χ0v) is 14.2. The molecule has 6 heteroatoms. The second-order valence-electron chi connectivity index (χ2n) is 6.65. The first-order chi connectivity index (χ1) is 12.3. The average Bonchev–Trinajstić information content (AvgIpc) is 3.29. The van der Waals surface area contributed by atoms with Gasteiger partial charge in [0.25, 0.3) is 0 Å². The van der Waals surface area contributed by atoms with E-state index in [1.165, 1.54) is 5.56 Å². The molecule has 1 aromatic carbocycles. The van der Waals surface area contributed by atoms with E-state index in [1.54, 1.807) is 6.20 Å². The summed E-state index contributed by atoms with van der Waals surface area (Å²) in [4.78, 5) is 16.3. The molecule has 6 nitrogen and oxygen atoms in total. The largest absolute Gasteiger partial charge is 0.486 e. The lowest BCUT2D eigenvalue weighted by molar-refractivity contribution is -0.122. The van der Waals surface area contributed by atoms with Crippen molar-refractivity contribution in [1.82, 2.24) is 14.9 Å². The molecule has 2 atom stereocenters. The number of amides is 1. The van der Waals surface area contributed by atoms with Crippen LogP contribution in [-0.4, -0.2) is 35.2 Å². The maximum atomic E-state index is 12.3. The van der Waals surface area contributed by atoms with E-state index in [0.717, 1.165) is 43.9 Å². The fourth-order valence-electron chi connectivity index (χ4n) is 3.32. The van der Waals surface area contributed by atoms with Crippen LogP contribution >= 0.6 is 0 Å². The van der Waals surface area contributed by atoms with E-state index < -0.39 is 0 Å². The molecule has 1 amide bonds. The Labute approximate surface area is 147 Å². The lowest BCUT2D eigenvalue weighted by Gasteiger charge is -2.18. The van der Waals surface area contributed by atoms with Crippen LogP contribution in [0, 0.1) is 5.92 Å². The lowest BCUT2D eigenvalue weighted by Crippen LogP contribution is -2.26. The number of fused-ring (bicyclic) bond motifs is 1. The third-order valence-corrected chi connectivity index (χ3v) is 4.82. The molecule has 1 fully saturated rings. The van der Waals surface area contributed by atoms with E-state index in [2.05, 4.69) is 20.9 Å². The minimum atomic E-state index is 0.0937. The lowest BCUT2D eigenvalue weighted by atomic mass is 10.1. The van der Waals surface area contributed by atoms with E-state index in [1.807, 2.05) is 24.7 Å². The third-order valence-electron chi connectivity index (χ3n) is 4.82. The van der Waals surface area contributed by atoms with E-state index >= 15 is 0 Å². The number of aromatic nitrogens is 2. The number of ether oxygens (including phenoxy) is 2. The maximum Gasteiger partial charge on any atom is 0.223 e. The Morgan fingerprint density at radius 3 is 2.96 bits per heavy atom. The van der Waals surface area contributed by atoms with Crippen LogP contribution in [0.5, 0.6) is 11.5 Å². The highest BCUT2D eigenvalue weighted by molar-refractivity contribution is 5.82. The number of rotatable bonds is 7. The molecule has 1 N–H and O–H groups in total. The summed E-state index contributed by atoms with van der Waals surface area (Å²) >= 11 is 0. The minimum Gasteiger partial charge on any atom is -0.486 e. The van der Waals surface area contributed by atoms with Gasteiger partial charge in [0.05, 0.1) is 6.33 Å². The van der Waals surface area contributed by atoms with Gasteiger partial charge in [-0.15, -0.1) is 0 Å². The monoisotopic (exact) mass is 341 g/mol. The molecule has 0 unspecified atom stereocenters. The molecule has 2 aliphatic rings. The second kappa shape index (κ2) is 7.17. The Kier molecular flexibility index (Phi) is 4.59. The standard InChI is InChI=1S/C19H23N3O3/c23-19(21-5-1-2-7-22-8-6-20-13-22)16-12-15(16)14-3-4-17-18(11-14)25-10-9-24-17/h3-4,6,8,11,13,15-16H,1-2,5,7,9-10,12H2,(H,21,23)/t15-,16+/m1/s1. The predicted molar refractivity (Wildman–Crippen MR) is 92.8 cm³/mol. The topological polar surface area (TPSA) is 65.4 Å². The van der Waals surface area contributed by atoms with Gasteiger partial charge in [0.1, 0.15) is 13.2 Å². The first-order valence-electron chi connectivity index (χ1n) is 8.94. The Hall–Kier alpha value is -2.50. The van der Waals surface area contributed by atoms with Crippen LogP contribution in [0.1, 0.15) is 30.7 Å². The molecule has 1 aliphatic carbocycles. The Morgan fingerprint density at radius 1 is 1.24 bits per heavy atom. The van der Waals surface area contributed by atoms with Crippen LogP contribution in [0.4, 0.5) is 0 Å². The zero-order valence-electron chi connectivity index (χ0n) is 14.2. The molecule has 4 rings (SSSR count). The number of nitrogens with zero attached hydrogens (tertiary/aromatic N) is 2. The Morgan fingerprint density at radius 2 is 2.12 bits per heavy atom. The molecule has 2 aromatic rings. The van der Waals surface area contributed by atoms with Gasteiger partial charge in [-0.3, -0.25) is 4.79 Å². The van der Waals surface area contributed by atoms with Gasteiger partial charge in [0.15, 0.2) is 11.5 Å². The number of unbranched alkanes of at least 4 members (excludes halogenated alkanes) is 1. The molecule has 0 saturated heterocycles. The van der Waals surface area contributed by atoms with Crippen LogP contribution in [0.15, 0.2) is 36.9 Å². The van der Waals surface area contributed by atoms with Crippen molar-refractivity contribution in [3.63, 3.8) is 0 Å². The number of carbonyl (C=O) groups is 1. The molecule has 132 valence electrons. The Balaban J connectivity index is 1.20. The first-order valence-corrected chi connectivity index (χ1v) is 8.94. The van der Waals surface area contributed by atoms with Crippen molar-refractivity contribution >= 4 is 5.91 Å². The fourth-order valence-corrected chi connectivity index (χ4v) is 3.32. The van der Waals surface area contributed by atoms with Gasteiger partial charge in [-0.05, 0) is 42.9 Å². The molecule has 1 aliphatic heterocycles. The van der Waals surface area contributed by atoms with E-state index in [0.29, 0.717) is 19.1 Å². The third kappa shape index (κ3) is 3.78. The summed E-state index contributed by atoms with van der Waals surface area (Å²) in [6, 6.07) is 6.03. The quantitative estimate of drug-likeness (QED) is 0.785. The van der Waals surface area contributed by atoms with Crippen molar-refractivity contribution in [2.45, 2.75) is 31.7 Å². The molecule has 0 bridgehead atoms. The zero-order chi connectivity index (χ0) is 17.1. The summed E-state index contributed by atoms with van der Waals surface area (Å²) in [5.74, 6) is 2.17. The summed E-state index contributed by atoms with van der Waals surface area (Å²) in [6.45, 7) is 2.86. The van der Waals surface area contributed by atoms with Crippen LogP contribution in [0.25, 0.3) is 0 Å². The van der Waals surface area contributed by atoms with Gasteiger partial charge >= 0.3 is 0 Å². The second-order valence-corrected chi connectivity index (χ2v) is 6.65. The number of benzene rings is 1. The normalized spacial score (nSPS) is 21.0. The molecular formula is C19H23N3O3. The van der Waals surface area contributed by atoms with Gasteiger partial charge in [0, 0.05) is 31.4 Å². The number of hydrogen-bond acceptors (Lipinski definition) is 4. The molecule has 0 spiro atoms. The average molecular weight is 341 g/mol. The van der Waals surface area contributed by atoms with Gasteiger partial charge in [-0.25, -0.2) is 4.98 Å². The summed E-state index contributed by atoms with van der Waals surface area (Å²) in [5, 5.41) is 3.07. The Bertz CT molecular complexity index is 730. The number of carbonyl (C=O) groups excluding carboxylic acids is 1. The van der Waals surface area contributed by atoms with Gasteiger partial charge < -0.3 is 19.4 Å².